The molecule has 2 heterocycles. The van der Waals surface area contributed by atoms with Gasteiger partial charge in [0.05, 0.1) is 34.4 Å². The maximum atomic E-state index is 13.0. The average Bonchev–Trinajstić information content (AvgIpc) is 3.07. The number of hydrogen-bond donors (Lipinski definition) is 0. The van der Waals surface area contributed by atoms with Crippen molar-refractivity contribution in [3.05, 3.63) is 58.4 Å². The van der Waals surface area contributed by atoms with Gasteiger partial charge >= 0.3 is 11.9 Å². The Bertz CT molecular complexity index is 1510. The van der Waals surface area contributed by atoms with Crippen molar-refractivity contribution in [2.75, 3.05) is 26.8 Å². The van der Waals surface area contributed by atoms with Crippen LogP contribution in [0.25, 0.3) is 10.2 Å². The third-order valence-corrected chi connectivity index (χ3v) is 9.16. The summed E-state index contributed by atoms with van der Waals surface area (Å²) in [7, 11) is -2.38. The smallest absolute Gasteiger partial charge is 0.338 e. The molecule has 1 amide bonds. The minimum absolute atomic E-state index is 0.130. The quantitative estimate of drug-likeness (QED) is 0.407. The van der Waals surface area contributed by atoms with E-state index in [1.54, 1.807) is 25.1 Å². The molecule has 1 aliphatic rings. The van der Waals surface area contributed by atoms with E-state index in [2.05, 4.69) is 4.99 Å². The highest BCUT2D eigenvalue weighted by atomic mass is 32.2. The molecule has 2 aromatic carbocycles. The van der Waals surface area contributed by atoms with Crippen LogP contribution in [-0.2, 0) is 30.8 Å². The number of carbonyl (C=O) groups is 3. The van der Waals surface area contributed by atoms with E-state index < -0.39 is 27.9 Å². The van der Waals surface area contributed by atoms with Crippen LogP contribution in [0.5, 0.6) is 0 Å². The van der Waals surface area contributed by atoms with Gasteiger partial charge in [0.15, 0.2) is 4.80 Å². The number of fused-ring (bicyclic) bond motifs is 1. The lowest BCUT2D eigenvalue weighted by Gasteiger charge is -2.19. The standard InChI is InChI=1S/C26H29N3O7S2/c1-3-36-25(32)19-10-13-21-22(16-19)37-26(29(21)17-23(30)35-2)27-24(31)18-8-11-20(12-9-18)38(33,34)28-14-6-4-5-7-15-28/h8-13,16H,3-7,14-15,17H2,1-2H3. The third kappa shape index (κ3) is 6.03. The number of esters is 2. The maximum absolute atomic E-state index is 13.0. The number of ether oxygens (including phenoxy) is 2. The summed E-state index contributed by atoms with van der Waals surface area (Å²) in [6.45, 7) is 2.74. The Balaban J connectivity index is 1.67. The minimum Gasteiger partial charge on any atom is -0.468 e. The van der Waals surface area contributed by atoms with Crippen molar-refractivity contribution in [3.8, 4) is 0 Å². The van der Waals surface area contributed by atoms with E-state index in [1.807, 2.05) is 0 Å². The van der Waals surface area contributed by atoms with Crippen molar-refractivity contribution in [3.63, 3.8) is 0 Å². The summed E-state index contributed by atoms with van der Waals surface area (Å²) in [5.41, 5.74) is 1.14. The van der Waals surface area contributed by atoms with Gasteiger partial charge in [-0.05, 0) is 62.2 Å². The van der Waals surface area contributed by atoms with Crippen LogP contribution in [0.15, 0.2) is 52.4 Å². The molecule has 0 aliphatic carbocycles. The molecular formula is C26H29N3O7S2. The largest absolute Gasteiger partial charge is 0.468 e. The maximum Gasteiger partial charge on any atom is 0.338 e. The number of hydrogen-bond acceptors (Lipinski definition) is 8. The lowest BCUT2D eigenvalue weighted by Crippen LogP contribution is -2.31. The number of thiazole rings is 1. The van der Waals surface area contributed by atoms with Gasteiger partial charge in [-0.1, -0.05) is 24.2 Å². The normalized spacial score (nSPS) is 15.3. The van der Waals surface area contributed by atoms with E-state index in [1.165, 1.54) is 40.2 Å². The second-order valence-corrected chi connectivity index (χ2v) is 11.7. The highest BCUT2D eigenvalue weighted by Crippen LogP contribution is 2.22. The number of nitrogens with zero attached hydrogens (tertiary/aromatic N) is 3. The Morgan fingerprint density at radius 1 is 0.974 bits per heavy atom. The SMILES string of the molecule is CCOC(=O)c1ccc2c(c1)sc(=NC(=O)c1ccc(S(=O)(=O)N3CCCCCC3)cc1)n2CC(=O)OC. The number of methoxy groups -OCH3 is 1. The van der Waals surface area contributed by atoms with Gasteiger partial charge in [0.2, 0.25) is 10.0 Å². The number of benzene rings is 2. The van der Waals surface area contributed by atoms with E-state index in [-0.39, 0.29) is 28.4 Å². The van der Waals surface area contributed by atoms with E-state index >= 15 is 0 Å². The summed E-state index contributed by atoms with van der Waals surface area (Å²) in [5, 5.41) is 0. The summed E-state index contributed by atoms with van der Waals surface area (Å²) in [5.74, 6) is -1.61. The number of rotatable bonds is 7. The molecule has 0 radical (unpaired) electrons. The first-order valence-electron chi connectivity index (χ1n) is 12.3. The van der Waals surface area contributed by atoms with E-state index in [9.17, 15) is 22.8 Å². The Morgan fingerprint density at radius 2 is 1.63 bits per heavy atom. The number of aromatic nitrogens is 1. The lowest BCUT2D eigenvalue weighted by atomic mass is 10.2. The molecule has 0 spiro atoms. The van der Waals surface area contributed by atoms with Crippen LogP contribution < -0.4 is 4.80 Å². The molecule has 10 nitrogen and oxygen atoms in total. The zero-order valence-electron chi connectivity index (χ0n) is 21.2. The van der Waals surface area contributed by atoms with Gasteiger partial charge in [0, 0.05) is 18.7 Å². The lowest BCUT2D eigenvalue weighted by molar-refractivity contribution is -0.141. The summed E-state index contributed by atoms with van der Waals surface area (Å²) in [6, 6.07) is 10.6. The molecule has 0 bridgehead atoms. The highest BCUT2D eigenvalue weighted by Gasteiger charge is 2.25. The van der Waals surface area contributed by atoms with Gasteiger partial charge < -0.3 is 14.0 Å². The molecule has 3 aromatic rings. The molecule has 1 aliphatic heterocycles. The van der Waals surface area contributed by atoms with Crippen molar-refractivity contribution in [1.82, 2.24) is 8.87 Å². The topological polar surface area (TPSA) is 124 Å². The number of carbonyl (C=O) groups excluding carboxylic acids is 3. The first-order valence-corrected chi connectivity index (χ1v) is 14.6. The average molecular weight is 560 g/mol. The Hall–Kier alpha value is -3.35. The predicted molar refractivity (Wildman–Crippen MR) is 141 cm³/mol. The molecule has 38 heavy (non-hydrogen) atoms. The molecular weight excluding hydrogens is 530 g/mol. The highest BCUT2D eigenvalue weighted by molar-refractivity contribution is 7.89. The molecule has 12 heteroatoms. The fraction of sp³-hybridized carbons (Fsp3) is 0.385. The zero-order valence-corrected chi connectivity index (χ0v) is 22.8. The minimum atomic E-state index is -3.64. The Kier molecular flexibility index (Phi) is 8.75. The zero-order chi connectivity index (χ0) is 27.3. The number of amides is 1. The summed E-state index contributed by atoms with van der Waals surface area (Å²) >= 11 is 1.13. The van der Waals surface area contributed by atoms with Crippen LogP contribution in [0.4, 0.5) is 0 Å². The summed E-state index contributed by atoms with van der Waals surface area (Å²) in [4.78, 5) is 41.9. The molecule has 0 unspecified atom stereocenters. The second-order valence-electron chi connectivity index (χ2n) is 8.71. The predicted octanol–water partition coefficient (Wildman–Crippen LogP) is 3.36. The van der Waals surface area contributed by atoms with Gasteiger partial charge in [-0.2, -0.15) is 9.30 Å². The number of sulfonamides is 1. The van der Waals surface area contributed by atoms with Crippen molar-refractivity contribution in [2.24, 2.45) is 4.99 Å². The fourth-order valence-corrected chi connectivity index (χ4v) is 6.78. The van der Waals surface area contributed by atoms with Crippen LogP contribution in [-0.4, -0.2) is 61.9 Å². The van der Waals surface area contributed by atoms with Crippen molar-refractivity contribution >= 4 is 49.4 Å². The monoisotopic (exact) mass is 559 g/mol. The van der Waals surface area contributed by atoms with Crippen LogP contribution in [0, 0.1) is 0 Å². The van der Waals surface area contributed by atoms with E-state index in [4.69, 9.17) is 9.47 Å². The molecule has 0 saturated carbocycles. The Labute approximate surface area is 224 Å². The first-order chi connectivity index (χ1) is 18.2. The second kappa shape index (κ2) is 12.0. The molecule has 1 saturated heterocycles. The van der Waals surface area contributed by atoms with Gasteiger partial charge in [-0.3, -0.25) is 9.59 Å². The molecule has 0 N–H and O–H groups in total. The molecule has 1 fully saturated rings. The first kappa shape index (κ1) is 27.7. The summed E-state index contributed by atoms with van der Waals surface area (Å²) < 4.78 is 39.6. The summed E-state index contributed by atoms with van der Waals surface area (Å²) in [6.07, 6.45) is 3.69. The fourth-order valence-electron chi connectivity index (χ4n) is 4.20. The Morgan fingerprint density at radius 3 is 2.26 bits per heavy atom. The van der Waals surface area contributed by atoms with Crippen LogP contribution >= 0.6 is 11.3 Å². The van der Waals surface area contributed by atoms with Crippen LogP contribution in [0.1, 0.15) is 53.3 Å². The third-order valence-electron chi connectivity index (χ3n) is 6.21. The van der Waals surface area contributed by atoms with Gasteiger partial charge in [-0.25, -0.2) is 13.2 Å². The van der Waals surface area contributed by atoms with Gasteiger partial charge in [0.25, 0.3) is 5.91 Å². The molecule has 202 valence electrons. The van der Waals surface area contributed by atoms with E-state index in [0.717, 1.165) is 37.0 Å². The van der Waals surface area contributed by atoms with Crippen LogP contribution in [0.2, 0.25) is 0 Å². The van der Waals surface area contributed by atoms with Crippen molar-refractivity contribution in [2.45, 2.75) is 44.0 Å². The molecule has 4 rings (SSSR count). The molecule has 0 atom stereocenters. The van der Waals surface area contributed by atoms with Gasteiger partial charge in [0.1, 0.15) is 6.54 Å². The van der Waals surface area contributed by atoms with Crippen molar-refractivity contribution < 1.29 is 32.3 Å². The van der Waals surface area contributed by atoms with E-state index in [0.29, 0.717) is 28.9 Å². The van der Waals surface area contributed by atoms with Gasteiger partial charge in [-0.15, -0.1) is 0 Å². The van der Waals surface area contributed by atoms with Crippen LogP contribution in [0.3, 0.4) is 0 Å². The molecule has 1 aromatic heterocycles. The van der Waals surface area contributed by atoms with Crippen molar-refractivity contribution in [1.29, 1.82) is 0 Å².